The smallest absolute Gasteiger partial charge is 0.306 e. The summed E-state index contributed by atoms with van der Waals surface area (Å²) in [6.07, 6.45) is 52.5. The Morgan fingerprint density at radius 1 is 0.333 bits per heavy atom. The summed E-state index contributed by atoms with van der Waals surface area (Å²) in [6, 6.07) is 0. The van der Waals surface area contributed by atoms with Crippen molar-refractivity contribution < 1.29 is 28.6 Å². The number of unbranched alkanes of at least 4 members (excludes halogenated alkanes) is 35. The van der Waals surface area contributed by atoms with Gasteiger partial charge in [0.25, 0.3) is 0 Å². The molecule has 1 unspecified atom stereocenters. The first kappa shape index (κ1) is 61.4. The van der Waals surface area contributed by atoms with E-state index in [4.69, 9.17) is 14.2 Å². The van der Waals surface area contributed by atoms with Gasteiger partial charge in [-0.15, -0.1) is 0 Å². The Labute approximate surface area is 393 Å². The second-order valence-corrected chi connectivity index (χ2v) is 20.3. The molecular formula is C57H110O6. The van der Waals surface area contributed by atoms with Gasteiger partial charge in [0.2, 0.25) is 0 Å². The van der Waals surface area contributed by atoms with Gasteiger partial charge in [0, 0.05) is 19.3 Å². The Kier molecular flexibility index (Phi) is 48.6. The van der Waals surface area contributed by atoms with E-state index in [9.17, 15) is 14.4 Å². The predicted molar refractivity (Wildman–Crippen MR) is 270 cm³/mol. The average Bonchev–Trinajstić information content (AvgIpc) is 3.27. The molecule has 0 aliphatic carbocycles. The quantitative estimate of drug-likeness (QED) is 0.0344. The van der Waals surface area contributed by atoms with Gasteiger partial charge in [-0.1, -0.05) is 279 Å². The molecule has 6 heteroatoms. The molecule has 0 aromatic carbocycles. The number of esters is 3. The van der Waals surface area contributed by atoms with Gasteiger partial charge in [-0.3, -0.25) is 14.4 Å². The molecule has 0 heterocycles. The Hall–Kier alpha value is -1.59. The molecule has 0 N–H and O–H groups in total. The van der Waals surface area contributed by atoms with E-state index in [1.54, 1.807) is 0 Å². The molecule has 0 amide bonds. The van der Waals surface area contributed by atoms with Crippen molar-refractivity contribution in [2.24, 2.45) is 11.8 Å². The Morgan fingerprint density at radius 2 is 0.603 bits per heavy atom. The molecule has 0 aromatic heterocycles. The topological polar surface area (TPSA) is 78.9 Å². The number of carbonyl (C=O) groups excluding carboxylic acids is 3. The van der Waals surface area contributed by atoms with Crippen molar-refractivity contribution in [1.82, 2.24) is 0 Å². The lowest BCUT2D eigenvalue weighted by molar-refractivity contribution is -0.167. The molecule has 0 saturated heterocycles. The van der Waals surface area contributed by atoms with Crippen molar-refractivity contribution in [1.29, 1.82) is 0 Å². The van der Waals surface area contributed by atoms with Crippen LogP contribution in [0.15, 0.2) is 0 Å². The number of carbonyl (C=O) groups is 3. The van der Waals surface area contributed by atoms with E-state index in [-0.39, 0.29) is 31.1 Å². The van der Waals surface area contributed by atoms with Crippen LogP contribution >= 0.6 is 0 Å². The molecule has 6 nitrogen and oxygen atoms in total. The third-order valence-electron chi connectivity index (χ3n) is 13.3. The van der Waals surface area contributed by atoms with Crippen molar-refractivity contribution in [3.63, 3.8) is 0 Å². The van der Waals surface area contributed by atoms with Crippen LogP contribution in [0.25, 0.3) is 0 Å². The van der Waals surface area contributed by atoms with E-state index >= 15 is 0 Å². The second-order valence-electron chi connectivity index (χ2n) is 20.3. The summed E-state index contributed by atoms with van der Waals surface area (Å²) in [5.41, 5.74) is 0. The van der Waals surface area contributed by atoms with E-state index in [2.05, 4.69) is 34.6 Å². The Balaban J connectivity index is 4.15. The Morgan fingerprint density at radius 3 is 0.905 bits per heavy atom. The van der Waals surface area contributed by atoms with Crippen LogP contribution in [0.1, 0.15) is 317 Å². The zero-order valence-corrected chi connectivity index (χ0v) is 43.2. The maximum Gasteiger partial charge on any atom is 0.306 e. The van der Waals surface area contributed by atoms with E-state index in [0.29, 0.717) is 19.3 Å². The van der Waals surface area contributed by atoms with Crippen molar-refractivity contribution in [2.45, 2.75) is 323 Å². The number of hydrogen-bond donors (Lipinski definition) is 0. The number of rotatable bonds is 51. The highest BCUT2D eigenvalue weighted by molar-refractivity contribution is 5.71. The summed E-state index contributed by atoms with van der Waals surface area (Å²) >= 11 is 0. The lowest BCUT2D eigenvalue weighted by Crippen LogP contribution is -2.30. The minimum Gasteiger partial charge on any atom is -0.462 e. The largest absolute Gasteiger partial charge is 0.462 e. The van der Waals surface area contributed by atoms with Crippen LogP contribution in [-0.2, 0) is 28.6 Å². The van der Waals surface area contributed by atoms with Gasteiger partial charge in [-0.25, -0.2) is 0 Å². The molecular weight excluding hydrogens is 781 g/mol. The number of ether oxygens (including phenoxy) is 3. The van der Waals surface area contributed by atoms with Gasteiger partial charge in [0.15, 0.2) is 6.10 Å². The van der Waals surface area contributed by atoms with E-state index in [0.717, 1.165) is 69.6 Å². The lowest BCUT2D eigenvalue weighted by atomic mass is 9.99. The van der Waals surface area contributed by atoms with Crippen LogP contribution in [0.2, 0.25) is 0 Å². The van der Waals surface area contributed by atoms with E-state index in [1.165, 1.54) is 205 Å². The fourth-order valence-corrected chi connectivity index (χ4v) is 8.66. The summed E-state index contributed by atoms with van der Waals surface area (Å²) in [5, 5.41) is 0. The van der Waals surface area contributed by atoms with Crippen LogP contribution in [0.3, 0.4) is 0 Å². The standard InChI is InChI=1S/C57H110O6/c1-6-8-9-10-11-12-13-14-22-25-28-31-37-42-47-55(58)61-50-54(63-57(60)49-44-39-34-33-35-40-45-52(3)4)51-62-56(59)48-43-38-32-29-26-23-20-18-16-15-17-19-21-24-27-30-36-41-46-53(5)7-2/h52-54H,6-51H2,1-5H3/t53?,54-/m1/s1. The molecule has 2 atom stereocenters. The van der Waals surface area contributed by atoms with Crippen LogP contribution in [0, 0.1) is 11.8 Å². The van der Waals surface area contributed by atoms with Gasteiger partial charge in [0.05, 0.1) is 0 Å². The van der Waals surface area contributed by atoms with Crippen molar-refractivity contribution >= 4 is 17.9 Å². The van der Waals surface area contributed by atoms with Crippen LogP contribution < -0.4 is 0 Å². The fraction of sp³-hybridized carbons (Fsp3) is 0.947. The summed E-state index contributed by atoms with van der Waals surface area (Å²) in [7, 11) is 0. The average molecular weight is 892 g/mol. The normalized spacial score (nSPS) is 12.5. The molecule has 0 saturated carbocycles. The molecule has 0 bridgehead atoms. The van der Waals surface area contributed by atoms with Crippen molar-refractivity contribution in [2.75, 3.05) is 13.2 Å². The van der Waals surface area contributed by atoms with Crippen molar-refractivity contribution in [3.05, 3.63) is 0 Å². The molecule has 63 heavy (non-hydrogen) atoms. The van der Waals surface area contributed by atoms with Gasteiger partial charge in [0.1, 0.15) is 13.2 Å². The summed E-state index contributed by atoms with van der Waals surface area (Å²) in [6.45, 7) is 11.4. The highest BCUT2D eigenvalue weighted by atomic mass is 16.6. The molecule has 0 aromatic rings. The maximum atomic E-state index is 12.7. The van der Waals surface area contributed by atoms with Gasteiger partial charge in [-0.05, 0) is 31.1 Å². The zero-order valence-electron chi connectivity index (χ0n) is 43.2. The zero-order chi connectivity index (χ0) is 46.1. The Bertz CT molecular complexity index is 964. The monoisotopic (exact) mass is 891 g/mol. The van der Waals surface area contributed by atoms with Gasteiger partial charge >= 0.3 is 17.9 Å². The SMILES string of the molecule is CCCCCCCCCCCCCCCCC(=O)OC[C@H](COC(=O)CCCCCCCCCCCCCCCCCCCCC(C)CC)OC(=O)CCCCCCCCC(C)C. The first-order valence-electron chi connectivity index (χ1n) is 28.3. The molecule has 0 aliphatic rings. The molecule has 0 radical (unpaired) electrons. The van der Waals surface area contributed by atoms with E-state index < -0.39 is 6.10 Å². The molecule has 0 fully saturated rings. The summed E-state index contributed by atoms with van der Waals surface area (Å²) < 4.78 is 16.8. The van der Waals surface area contributed by atoms with Gasteiger partial charge in [-0.2, -0.15) is 0 Å². The van der Waals surface area contributed by atoms with Crippen LogP contribution in [0.5, 0.6) is 0 Å². The highest BCUT2D eigenvalue weighted by Crippen LogP contribution is 2.18. The van der Waals surface area contributed by atoms with Crippen LogP contribution in [0.4, 0.5) is 0 Å². The van der Waals surface area contributed by atoms with E-state index in [1.807, 2.05) is 0 Å². The molecule has 374 valence electrons. The highest BCUT2D eigenvalue weighted by Gasteiger charge is 2.19. The van der Waals surface area contributed by atoms with Crippen molar-refractivity contribution in [3.8, 4) is 0 Å². The lowest BCUT2D eigenvalue weighted by Gasteiger charge is -2.18. The number of hydrogen-bond acceptors (Lipinski definition) is 6. The minimum absolute atomic E-state index is 0.0642. The third-order valence-corrected chi connectivity index (χ3v) is 13.3. The molecule has 0 aliphatic heterocycles. The second kappa shape index (κ2) is 49.8. The first-order valence-corrected chi connectivity index (χ1v) is 28.3. The summed E-state index contributed by atoms with van der Waals surface area (Å²) in [4.78, 5) is 38.0. The first-order chi connectivity index (χ1) is 30.8. The molecule has 0 spiro atoms. The van der Waals surface area contributed by atoms with Gasteiger partial charge < -0.3 is 14.2 Å². The fourth-order valence-electron chi connectivity index (χ4n) is 8.66. The third kappa shape index (κ3) is 49.7. The van der Waals surface area contributed by atoms with Crippen LogP contribution in [-0.4, -0.2) is 37.2 Å². The minimum atomic E-state index is -0.762. The molecule has 0 rings (SSSR count). The maximum absolute atomic E-state index is 12.7. The predicted octanol–water partition coefficient (Wildman–Crippen LogP) is 18.5. The summed E-state index contributed by atoms with van der Waals surface area (Å²) in [5.74, 6) is 0.821.